The molecule has 156 valence electrons. The van der Waals surface area contributed by atoms with E-state index in [2.05, 4.69) is 16.0 Å². The lowest BCUT2D eigenvalue weighted by atomic mass is 10.0. The molecule has 1 unspecified atom stereocenters. The van der Waals surface area contributed by atoms with Gasteiger partial charge in [0.25, 0.3) is 5.91 Å². The second-order valence-electron chi connectivity index (χ2n) is 7.28. The summed E-state index contributed by atoms with van der Waals surface area (Å²) in [6, 6.07) is 9.82. The molecule has 1 aromatic heterocycles. The van der Waals surface area contributed by atoms with Crippen LogP contribution in [-0.4, -0.2) is 47.7 Å². The first-order chi connectivity index (χ1) is 14.5. The molecule has 30 heavy (non-hydrogen) atoms. The molecule has 2 aromatic rings. The molecular formula is C21H22N4O5. The minimum absolute atomic E-state index is 0.0623. The first-order valence-electron chi connectivity index (χ1n) is 9.79. The van der Waals surface area contributed by atoms with Gasteiger partial charge in [-0.3, -0.25) is 19.2 Å². The highest BCUT2D eigenvalue weighted by atomic mass is 16.3. The quantitative estimate of drug-likeness (QED) is 0.585. The molecule has 2 heterocycles. The van der Waals surface area contributed by atoms with Gasteiger partial charge in [0.15, 0.2) is 0 Å². The first kappa shape index (κ1) is 19.7. The second-order valence-corrected chi connectivity index (χ2v) is 7.28. The number of furan rings is 1. The fourth-order valence-corrected chi connectivity index (χ4v) is 3.50. The van der Waals surface area contributed by atoms with Gasteiger partial charge < -0.3 is 25.3 Å². The molecule has 4 rings (SSSR count). The third-order valence-corrected chi connectivity index (χ3v) is 5.10. The van der Waals surface area contributed by atoms with E-state index in [0.29, 0.717) is 16.9 Å². The minimum atomic E-state index is -0.731. The number of carbonyl (C=O) groups is 4. The van der Waals surface area contributed by atoms with Gasteiger partial charge in [0, 0.05) is 11.6 Å². The maximum Gasteiger partial charge on any atom is 0.255 e. The predicted octanol–water partition coefficient (Wildman–Crippen LogP) is 0.488. The van der Waals surface area contributed by atoms with Crippen molar-refractivity contribution in [3.05, 3.63) is 59.5 Å². The van der Waals surface area contributed by atoms with Crippen LogP contribution in [0.15, 0.2) is 47.1 Å². The summed E-state index contributed by atoms with van der Waals surface area (Å²) in [7, 11) is 0. The van der Waals surface area contributed by atoms with Crippen LogP contribution in [0.2, 0.25) is 0 Å². The van der Waals surface area contributed by atoms with Gasteiger partial charge in [-0.05, 0) is 36.6 Å². The fourth-order valence-electron chi connectivity index (χ4n) is 3.50. The highest BCUT2D eigenvalue weighted by Crippen LogP contribution is 2.41. The van der Waals surface area contributed by atoms with Gasteiger partial charge in [-0.25, -0.2) is 0 Å². The van der Waals surface area contributed by atoms with Crippen molar-refractivity contribution >= 4 is 23.6 Å². The summed E-state index contributed by atoms with van der Waals surface area (Å²) in [5.74, 6) is -0.814. The molecule has 1 aliphatic heterocycles. The van der Waals surface area contributed by atoms with E-state index < -0.39 is 17.9 Å². The highest BCUT2D eigenvalue weighted by molar-refractivity contribution is 6.05. The molecule has 1 saturated carbocycles. The van der Waals surface area contributed by atoms with Crippen LogP contribution < -0.4 is 16.0 Å². The van der Waals surface area contributed by atoms with Gasteiger partial charge in [0.1, 0.15) is 11.8 Å². The SMILES string of the molecule is O=C(CNC(=O)CNC(=O)C1c2ccccc2C(=O)N1C1CC1)NCc1ccco1. The lowest BCUT2D eigenvalue weighted by Crippen LogP contribution is -2.45. The molecule has 0 bridgehead atoms. The number of amides is 4. The largest absolute Gasteiger partial charge is 0.467 e. The zero-order valence-corrected chi connectivity index (χ0v) is 16.2. The summed E-state index contributed by atoms with van der Waals surface area (Å²) >= 11 is 0. The van der Waals surface area contributed by atoms with Gasteiger partial charge in [0.05, 0.1) is 25.9 Å². The van der Waals surface area contributed by atoms with E-state index in [9.17, 15) is 19.2 Å². The summed E-state index contributed by atoms with van der Waals surface area (Å²) in [5, 5.41) is 7.65. The number of benzene rings is 1. The van der Waals surface area contributed by atoms with Gasteiger partial charge >= 0.3 is 0 Å². The molecule has 4 amide bonds. The molecule has 2 aliphatic rings. The highest BCUT2D eigenvalue weighted by Gasteiger charge is 2.47. The number of carbonyl (C=O) groups excluding carboxylic acids is 4. The predicted molar refractivity (Wildman–Crippen MR) is 105 cm³/mol. The van der Waals surface area contributed by atoms with Crippen molar-refractivity contribution in [3.63, 3.8) is 0 Å². The number of nitrogens with one attached hydrogen (secondary N) is 3. The maximum atomic E-state index is 12.8. The van der Waals surface area contributed by atoms with Crippen molar-refractivity contribution < 1.29 is 23.6 Å². The lowest BCUT2D eigenvalue weighted by Gasteiger charge is -2.24. The third kappa shape index (κ3) is 4.19. The standard InChI is InChI=1S/C21H22N4O5/c26-17(22-10-14-4-3-9-30-14)11-23-18(27)12-24-20(28)19-15-5-1-2-6-16(15)21(29)25(19)13-7-8-13/h1-6,9,13,19H,7-8,10-12H2,(H,22,26)(H,23,27)(H,24,28). The van der Waals surface area contributed by atoms with E-state index >= 15 is 0 Å². The molecule has 9 nitrogen and oxygen atoms in total. The van der Waals surface area contributed by atoms with Crippen molar-refractivity contribution in [1.29, 1.82) is 0 Å². The molecule has 9 heteroatoms. The van der Waals surface area contributed by atoms with E-state index in [1.165, 1.54) is 6.26 Å². The summed E-state index contributed by atoms with van der Waals surface area (Å²) in [6.07, 6.45) is 3.25. The van der Waals surface area contributed by atoms with Crippen molar-refractivity contribution in [2.24, 2.45) is 0 Å². The van der Waals surface area contributed by atoms with Crippen LogP contribution in [0.4, 0.5) is 0 Å². The Labute approximate surface area is 172 Å². The normalized spacial score (nSPS) is 17.4. The fraction of sp³-hybridized carbons (Fsp3) is 0.333. The Bertz CT molecular complexity index is 968. The molecule has 1 aromatic carbocycles. The Morgan fingerprint density at radius 1 is 0.967 bits per heavy atom. The van der Waals surface area contributed by atoms with Crippen LogP contribution in [-0.2, 0) is 20.9 Å². The molecular weight excluding hydrogens is 388 g/mol. The smallest absolute Gasteiger partial charge is 0.255 e. The summed E-state index contributed by atoms with van der Waals surface area (Å²) < 4.78 is 5.11. The monoisotopic (exact) mass is 410 g/mol. The van der Waals surface area contributed by atoms with Crippen LogP contribution >= 0.6 is 0 Å². The number of rotatable bonds is 8. The van der Waals surface area contributed by atoms with E-state index in [0.717, 1.165) is 12.8 Å². The molecule has 1 fully saturated rings. The van der Waals surface area contributed by atoms with Crippen LogP contribution in [0.5, 0.6) is 0 Å². The van der Waals surface area contributed by atoms with Crippen LogP contribution in [0, 0.1) is 0 Å². The Morgan fingerprint density at radius 2 is 1.70 bits per heavy atom. The molecule has 0 spiro atoms. The second kappa shape index (κ2) is 8.40. The number of nitrogens with zero attached hydrogens (tertiary/aromatic N) is 1. The van der Waals surface area contributed by atoms with Gasteiger partial charge in [-0.2, -0.15) is 0 Å². The van der Waals surface area contributed by atoms with E-state index in [1.54, 1.807) is 41.3 Å². The average molecular weight is 410 g/mol. The average Bonchev–Trinajstić information content (AvgIpc) is 3.36. The van der Waals surface area contributed by atoms with Crippen molar-refractivity contribution in [2.75, 3.05) is 13.1 Å². The zero-order chi connectivity index (χ0) is 21.1. The first-order valence-corrected chi connectivity index (χ1v) is 9.79. The number of fused-ring (bicyclic) bond motifs is 1. The van der Waals surface area contributed by atoms with Crippen molar-refractivity contribution in [2.45, 2.75) is 31.5 Å². The topological polar surface area (TPSA) is 121 Å². The molecule has 1 aliphatic carbocycles. The molecule has 0 saturated heterocycles. The van der Waals surface area contributed by atoms with Crippen LogP contribution in [0.1, 0.15) is 40.6 Å². The minimum Gasteiger partial charge on any atom is -0.467 e. The summed E-state index contributed by atoms with van der Waals surface area (Å²) in [4.78, 5) is 50.9. The molecule has 0 radical (unpaired) electrons. The van der Waals surface area contributed by atoms with E-state index in [-0.39, 0.29) is 37.5 Å². The summed E-state index contributed by atoms with van der Waals surface area (Å²) in [5.41, 5.74) is 1.19. The Kier molecular flexibility index (Phi) is 5.51. The van der Waals surface area contributed by atoms with Gasteiger partial charge in [-0.1, -0.05) is 18.2 Å². The third-order valence-electron chi connectivity index (χ3n) is 5.10. The Balaban J connectivity index is 1.27. The van der Waals surface area contributed by atoms with Gasteiger partial charge in [-0.15, -0.1) is 0 Å². The zero-order valence-electron chi connectivity index (χ0n) is 16.2. The van der Waals surface area contributed by atoms with Gasteiger partial charge in [0.2, 0.25) is 17.7 Å². The van der Waals surface area contributed by atoms with E-state index in [4.69, 9.17) is 4.42 Å². The molecule has 3 N–H and O–H groups in total. The van der Waals surface area contributed by atoms with E-state index in [1.807, 2.05) is 0 Å². The molecule has 1 atom stereocenters. The lowest BCUT2D eigenvalue weighted by molar-refractivity contribution is -0.129. The Hall–Kier alpha value is -3.62. The Morgan fingerprint density at radius 3 is 2.43 bits per heavy atom. The number of hydrogen-bond donors (Lipinski definition) is 3. The van der Waals surface area contributed by atoms with Crippen LogP contribution in [0.3, 0.4) is 0 Å². The number of hydrogen-bond acceptors (Lipinski definition) is 5. The summed E-state index contributed by atoms with van der Waals surface area (Å²) in [6.45, 7) is -0.269. The van der Waals surface area contributed by atoms with Crippen LogP contribution in [0.25, 0.3) is 0 Å². The maximum absolute atomic E-state index is 12.8. The van der Waals surface area contributed by atoms with Crippen molar-refractivity contribution in [3.8, 4) is 0 Å². The van der Waals surface area contributed by atoms with Crippen molar-refractivity contribution in [1.82, 2.24) is 20.9 Å².